The molecule has 3 rings (SSSR count). The van der Waals surface area contributed by atoms with Gasteiger partial charge in [0.25, 0.3) is 15.7 Å². The van der Waals surface area contributed by atoms with Crippen molar-refractivity contribution in [3.05, 3.63) is 87.7 Å². The number of hydrogen-bond acceptors (Lipinski definition) is 7. The minimum atomic E-state index is -4.21. The van der Waals surface area contributed by atoms with E-state index in [-0.39, 0.29) is 27.0 Å². The molecule has 0 bridgehead atoms. The second-order valence-corrected chi connectivity index (χ2v) is 7.74. The SMILES string of the molecule is O=[N+]([O-])c1ccc(NN=Cc2cccnc2)c(S(=O)(=O)Nc2ccccc2Cl)c1. The summed E-state index contributed by atoms with van der Waals surface area (Å²) in [5.74, 6) is 0. The fourth-order valence-corrected chi connectivity index (χ4v) is 3.81. The molecule has 0 atom stereocenters. The molecular weight excluding hydrogens is 418 g/mol. The Kier molecular flexibility index (Phi) is 6.05. The molecule has 0 radical (unpaired) electrons. The molecule has 2 N–H and O–H groups in total. The number of anilines is 2. The fourth-order valence-electron chi connectivity index (χ4n) is 2.31. The van der Waals surface area contributed by atoms with Crippen molar-refractivity contribution in [2.45, 2.75) is 4.90 Å². The molecule has 1 heterocycles. The lowest BCUT2D eigenvalue weighted by atomic mass is 10.3. The lowest BCUT2D eigenvalue weighted by Gasteiger charge is -2.12. The van der Waals surface area contributed by atoms with Crippen LogP contribution in [0.25, 0.3) is 0 Å². The first-order valence-corrected chi connectivity index (χ1v) is 9.98. The van der Waals surface area contributed by atoms with Crippen LogP contribution in [0.2, 0.25) is 5.02 Å². The molecule has 0 amide bonds. The molecular formula is C18H14ClN5O4S. The molecule has 148 valence electrons. The van der Waals surface area contributed by atoms with Crippen molar-refractivity contribution in [2.24, 2.45) is 5.10 Å². The molecule has 2 aromatic carbocycles. The first kappa shape index (κ1) is 20.2. The van der Waals surface area contributed by atoms with Crippen LogP contribution in [0.3, 0.4) is 0 Å². The van der Waals surface area contributed by atoms with Gasteiger partial charge in [-0.25, -0.2) is 8.42 Å². The van der Waals surface area contributed by atoms with Crippen LogP contribution in [0, 0.1) is 10.1 Å². The number of nitro groups is 1. The molecule has 0 aliphatic heterocycles. The van der Waals surface area contributed by atoms with Gasteiger partial charge in [-0.05, 0) is 24.3 Å². The molecule has 0 spiro atoms. The number of rotatable bonds is 7. The average molecular weight is 432 g/mol. The summed E-state index contributed by atoms with van der Waals surface area (Å²) in [7, 11) is -4.21. The molecule has 0 fully saturated rings. The largest absolute Gasteiger partial charge is 0.278 e. The predicted molar refractivity (Wildman–Crippen MR) is 111 cm³/mol. The number of sulfonamides is 1. The van der Waals surface area contributed by atoms with E-state index < -0.39 is 14.9 Å². The van der Waals surface area contributed by atoms with Crippen molar-refractivity contribution < 1.29 is 13.3 Å². The second-order valence-electron chi connectivity index (χ2n) is 5.68. The summed E-state index contributed by atoms with van der Waals surface area (Å²) < 4.78 is 28.1. The Morgan fingerprint density at radius 3 is 2.59 bits per heavy atom. The number of para-hydroxylation sites is 1. The van der Waals surface area contributed by atoms with Crippen LogP contribution in [0.15, 0.2) is 77.0 Å². The van der Waals surface area contributed by atoms with Crippen LogP contribution in [0.5, 0.6) is 0 Å². The summed E-state index contributed by atoms with van der Waals surface area (Å²) >= 11 is 6.01. The van der Waals surface area contributed by atoms with Gasteiger partial charge in [0.1, 0.15) is 4.90 Å². The van der Waals surface area contributed by atoms with Gasteiger partial charge in [-0.2, -0.15) is 5.10 Å². The second kappa shape index (κ2) is 8.67. The molecule has 0 saturated heterocycles. The summed E-state index contributed by atoms with van der Waals surface area (Å²) in [6.07, 6.45) is 4.61. The van der Waals surface area contributed by atoms with Crippen molar-refractivity contribution in [2.75, 3.05) is 10.1 Å². The normalized spacial score (nSPS) is 11.3. The number of nitrogens with one attached hydrogen (secondary N) is 2. The number of pyridine rings is 1. The molecule has 9 nitrogen and oxygen atoms in total. The fraction of sp³-hybridized carbons (Fsp3) is 0. The van der Waals surface area contributed by atoms with Crippen LogP contribution in [-0.2, 0) is 10.0 Å². The first-order valence-electron chi connectivity index (χ1n) is 8.12. The van der Waals surface area contributed by atoms with E-state index in [1.54, 1.807) is 36.7 Å². The van der Waals surface area contributed by atoms with Crippen molar-refractivity contribution >= 4 is 44.9 Å². The number of nitro benzene ring substituents is 1. The first-order chi connectivity index (χ1) is 13.9. The number of non-ortho nitro benzene ring substituents is 1. The Morgan fingerprint density at radius 2 is 1.90 bits per heavy atom. The number of aromatic nitrogens is 1. The van der Waals surface area contributed by atoms with E-state index in [4.69, 9.17) is 11.6 Å². The molecule has 0 aliphatic rings. The van der Waals surface area contributed by atoms with Gasteiger partial charge in [-0.15, -0.1) is 0 Å². The molecule has 3 aromatic rings. The Hall–Kier alpha value is -3.50. The van der Waals surface area contributed by atoms with Gasteiger partial charge in [0, 0.05) is 30.1 Å². The number of hydrazone groups is 1. The Bertz CT molecular complexity index is 1170. The van der Waals surface area contributed by atoms with Crippen LogP contribution in [0.4, 0.5) is 17.1 Å². The monoisotopic (exact) mass is 431 g/mol. The summed E-state index contributed by atoms with van der Waals surface area (Å²) in [5, 5.41) is 15.3. The summed E-state index contributed by atoms with van der Waals surface area (Å²) in [5.41, 5.74) is 3.09. The van der Waals surface area contributed by atoms with E-state index in [1.807, 2.05) is 0 Å². The molecule has 1 aromatic heterocycles. The van der Waals surface area contributed by atoms with E-state index in [1.165, 1.54) is 30.5 Å². The zero-order valence-corrected chi connectivity index (χ0v) is 16.3. The summed E-state index contributed by atoms with van der Waals surface area (Å²) in [6.45, 7) is 0. The Labute approximate surface area is 171 Å². The summed E-state index contributed by atoms with van der Waals surface area (Å²) in [4.78, 5) is 14.0. The third kappa shape index (κ3) is 5.06. The van der Waals surface area contributed by atoms with Gasteiger partial charge in [-0.3, -0.25) is 25.2 Å². The lowest BCUT2D eigenvalue weighted by Crippen LogP contribution is -2.15. The highest BCUT2D eigenvalue weighted by molar-refractivity contribution is 7.93. The average Bonchev–Trinajstić information content (AvgIpc) is 2.70. The number of nitrogens with zero attached hydrogens (tertiary/aromatic N) is 3. The van der Waals surface area contributed by atoms with Gasteiger partial charge in [0.2, 0.25) is 0 Å². The quantitative estimate of drug-likeness (QED) is 0.332. The lowest BCUT2D eigenvalue weighted by molar-refractivity contribution is -0.385. The third-order valence-corrected chi connectivity index (χ3v) is 5.40. The standard InChI is InChI=1S/C18H14ClN5O4S/c19-15-5-1-2-6-16(15)23-29(27,28)18-10-14(24(25)26)7-8-17(18)22-21-12-13-4-3-9-20-11-13/h1-12,22-23H. The van der Waals surface area contributed by atoms with Gasteiger partial charge in [0.15, 0.2) is 0 Å². The van der Waals surface area contributed by atoms with Crippen LogP contribution in [0.1, 0.15) is 5.56 Å². The molecule has 0 aliphatic carbocycles. The van der Waals surface area contributed by atoms with Gasteiger partial charge in [0.05, 0.1) is 27.5 Å². The van der Waals surface area contributed by atoms with E-state index in [9.17, 15) is 18.5 Å². The third-order valence-electron chi connectivity index (χ3n) is 3.67. The van der Waals surface area contributed by atoms with Crippen LogP contribution in [-0.4, -0.2) is 24.5 Å². The highest BCUT2D eigenvalue weighted by Crippen LogP contribution is 2.30. The zero-order valence-electron chi connectivity index (χ0n) is 14.7. The zero-order chi connectivity index (χ0) is 20.9. The van der Waals surface area contributed by atoms with E-state index >= 15 is 0 Å². The topological polar surface area (TPSA) is 127 Å². The van der Waals surface area contributed by atoms with Gasteiger partial charge < -0.3 is 0 Å². The molecule has 0 unspecified atom stereocenters. The smallest absolute Gasteiger partial charge is 0.270 e. The van der Waals surface area contributed by atoms with Gasteiger partial charge >= 0.3 is 0 Å². The van der Waals surface area contributed by atoms with E-state index in [0.29, 0.717) is 5.56 Å². The van der Waals surface area contributed by atoms with Crippen LogP contribution >= 0.6 is 11.6 Å². The van der Waals surface area contributed by atoms with Crippen molar-refractivity contribution in [3.8, 4) is 0 Å². The van der Waals surface area contributed by atoms with Crippen molar-refractivity contribution in [3.63, 3.8) is 0 Å². The highest BCUT2D eigenvalue weighted by Gasteiger charge is 2.23. The summed E-state index contributed by atoms with van der Waals surface area (Å²) in [6, 6.07) is 13.1. The number of hydrogen-bond donors (Lipinski definition) is 2. The maximum Gasteiger partial charge on any atom is 0.270 e. The van der Waals surface area contributed by atoms with Gasteiger partial charge in [-0.1, -0.05) is 29.8 Å². The minimum Gasteiger partial charge on any atom is -0.278 e. The predicted octanol–water partition coefficient (Wildman–Crippen LogP) is 3.89. The Balaban J connectivity index is 1.96. The van der Waals surface area contributed by atoms with E-state index in [0.717, 1.165) is 6.07 Å². The minimum absolute atomic E-state index is 0.0512. The van der Waals surface area contributed by atoms with Crippen molar-refractivity contribution in [1.82, 2.24) is 4.98 Å². The maximum absolute atomic E-state index is 12.9. The molecule has 0 saturated carbocycles. The number of halogens is 1. The van der Waals surface area contributed by atoms with E-state index in [2.05, 4.69) is 20.2 Å². The molecule has 29 heavy (non-hydrogen) atoms. The van der Waals surface area contributed by atoms with Crippen molar-refractivity contribution in [1.29, 1.82) is 0 Å². The molecule has 11 heteroatoms. The Morgan fingerprint density at radius 1 is 1.10 bits per heavy atom. The number of benzene rings is 2. The van der Waals surface area contributed by atoms with Crippen LogP contribution < -0.4 is 10.1 Å². The maximum atomic E-state index is 12.9. The highest BCUT2D eigenvalue weighted by atomic mass is 35.5.